The molecule has 0 aliphatic heterocycles. The zero-order valence-electron chi connectivity index (χ0n) is 15.5. The molecule has 3 aromatic rings. The summed E-state index contributed by atoms with van der Waals surface area (Å²) in [4.78, 5) is 11.4. The molecule has 0 atom stereocenters. The first kappa shape index (κ1) is 19.2. The molecule has 5 heteroatoms. The van der Waals surface area contributed by atoms with Gasteiger partial charge < -0.3 is 10.2 Å². The quantitative estimate of drug-likeness (QED) is 0.544. The number of phenolic OH excluding ortho intramolecular Hbond substituents is 1. The lowest BCUT2D eigenvalue weighted by Gasteiger charge is -2.18. The van der Waals surface area contributed by atoms with E-state index in [2.05, 4.69) is 0 Å². The number of benzene rings is 3. The molecule has 0 radical (unpaired) electrons. The number of fused-ring (bicyclic) bond motifs is 1. The number of aromatic carboxylic acids is 1. The predicted molar refractivity (Wildman–Crippen MR) is 112 cm³/mol. The summed E-state index contributed by atoms with van der Waals surface area (Å²) < 4.78 is 15.0. The van der Waals surface area contributed by atoms with Crippen molar-refractivity contribution in [1.82, 2.24) is 0 Å². The minimum absolute atomic E-state index is 0.195. The minimum Gasteiger partial charge on any atom is -0.505 e. The van der Waals surface area contributed by atoms with Gasteiger partial charge in [-0.25, -0.2) is 9.18 Å². The zero-order valence-corrected chi connectivity index (χ0v) is 16.2. The average molecular weight is 409 g/mol. The second-order valence-electron chi connectivity index (χ2n) is 7.00. The fourth-order valence-electron chi connectivity index (χ4n) is 3.92. The molecule has 2 N–H and O–H groups in total. The number of aromatic hydroxyl groups is 1. The van der Waals surface area contributed by atoms with Gasteiger partial charge in [0.25, 0.3) is 0 Å². The van der Waals surface area contributed by atoms with Crippen LogP contribution in [0.4, 0.5) is 4.39 Å². The number of carboxylic acids is 1. The van der Waals surface area contributed by atoms with E-state index in [0.29, 0.717) is 23.4 Å². The van der Waals surface area contributed by atoms with Crippen molar-refractivity contribution in [3.8, 4) is 5.75 Å². The van der Waals surface area contributed by atoms with E-state index in [1.54, 1.807) is 30.3 Å². The second kappa shape index (κ2) is 7.72. The number of phenols is 1. The Labute approximate surface area is 172 Å². The first-order valence-electron chi connectivity index (χ1n) is 9.30. The predicted octanol–water partition coefficient (Wildman–Crippen LogP) is 6.18. The highest BCUT2D eigenvalue weighted by Gasteiger charge is 2.24. The van der Waals surface area contributed by atoms with E-state index in [1.807, 2.05) is 18.2 Å². The number of carboxylic acid groups (broad SMARTS) is 1. The highest BCUT2D eigenvalue weighted by molar-refractivity contribution is 6.32. The van der Waals surface area contributed by atoms with Crippen LogP contribution in [0.2, 0.25) is 5.02 Å². The Balaban J connectivity index is 2.07. The molecule has 1 aliphatic carbocycles. The Morgan fingerprint density at radius 1 is 0.931 bits per heavy atom. The smallest absolute Gasteiger partial charge is 0.335 e. The first-order valence-corrected chi connectivity index (χ1v) is 9.67. The van der Waals surface area contributed by atoms with E-state index >= 15 is 0 Å². The molecule has 0 amide bonds. The van der Waals surface area contributed by atoms with Gasteiger partial charge in [-0.05, 0) is 71.4 Å². The molecule has 4 rings (SSSR count). The van der Waals surface area contributed by atoms with Crippen molar-refractivity contribution in [3.05, 3.63) is 99.3 Å². The number of carbonyl (C=O) groups is 1. The van der Waals surface area contributed by atoms with Gasteiger partial charge in [0, 0.05) is 10.6 Å². The van der Waals surface area contributed by atoms with Crippen LogP contribution in [0.15, 0.2) is 60.7 Å². The Bertz CT molecular complexity index is 1150. The summed E-state index contributed by atoms with van der Waals surface area (Å²) in [5.41, 5.74) is 4.38. The molecule has 0 fully saturated rings. The maximum Gasteiger partial charge on any atom is 0.335 e. The van der Waals surface area contributed by atoms with Crippen LogP contribution in [-0.4, -0.2) is 16.2 Å². The van der Waals surface area contributed by atoms with Crippen molar-refractivity contribution in [2.45, 2.75) is 19.3 Å². The molecular weight excluding hydrogens is 391 g/mol. The van der Waals surface area contributed by atoms with Gasteiger partial charge in [0.05, 0.1) is 5.56 Å². The number of hydrogen-bond donors (Lipinski definition) is 2. The molecule has 0 saturated heterocycles. The molecule has 3 nitrogen and oxygen atoms in total. The molecule has 0 spiro atoms. The molecular formula is C24H18ClFO3. The third-order valence-electron chi connectivity index (χ3n) is 5.24. The van der Waals surface area contributed by atoms with Crippen LogP contribution >= 0.6 is 11.6 Å². The van der Waals surface area contributed by atoms with E-state index in [9.17, 15) is 19.4 Å². The first-order chi connectivity index (χ1) is 14.0. The third-order valence-corrected chi connectivity index (χ3v) is 5.57. The number of halogens is 2. The highest BCUT2D eigenvalue weighted by atomic mass is 35.5. The van der Waals surface area contributed by atoms with Gasteiger partial charge >= 0.3 is 5.97 Å². The normalized spacial score (nSPS) is 13.7. The summed E-state index contributed by atoms with van der Waals surface area (Å²) in [5.74, 6) is -2.14. The van der Waals surface area contributed by atoms with Crippen LogP contribution in [0.25, 0.3) is 11.1 Å². The number of allylic oxidation sites excluding steroid dienone is 1. The van der Waals surface area contributed by atoms with Gasteiger partial charge in [-0.1, -0.05) is 48.0 Å². The summed E-state index contributed by atoms with van der Waals surface area (Å²) >= 11 is 6.47. The lowest BCUT2D eigenvalue weighted by Crippen LogP contribution is -2.02. The molecule has 0 unspecified atom stereocenters. The van der Waals surface area contributed by atoms with Crippen molar-refractivity contribution < 1.29 is 19.4 Å². The van der Waals surface area contributed by atoms with Gasteiger partial charge in [0.2, 0.25) is 0 Å². The maximum atomic E-state index is 15.0. The summed E-state index contributed by atoms with van der Waals surface area (Å²) in [6.07, 6.45) is 2.07. The third kappa shape index (κ3) is 3.52. The lowest BCUT2D eigenvalue weighted by molar-refractivity contribution is 0.0696. The Hall–Kier alpha value is -3.11. The Morgan fingerprint density at radius 3 is 2.45 bits per heavy atom. The van der Waals surface area contributed by atoms with Gasteiger partial charge in [-0.2, -0.15) is 0 Å². The average Bonchev–Trinajstić information content (AvgIpc) is 2.89. The molecule has 146 valence electrons. The monoisotopic (exact) mass is 408 g/mol. The van der Waals surface area contributed by atoms with Gasteiger partial charge in [0.1, 0.15) is 0 Å². The molecule has 1 aliphatic rings. The van der Waals surface area contributed by atoms with Crippen molar-refractivity contribution in [2.75, 3.05) is 0 Å². The lowest BCUT2D eigenvalue weighted by atomic mass is 9.87. The SMILES string of the molecule is O=C(O)c1ccc2c(c1)CCCC(c1ccccc1Cl)=C2c1cccc(O)c1F. The fraction of sp³-hybridized carbons (Fsp3) is 0.125. The summed E-state index contributed by atoms with van der Waals surface area (Å²) in [5, 5.41) is 19.9. The van der Waals surface area contributed by atoms with Crippen molar-refractivity contribution >= 4 is 28.7 Å². The van der Waals surface area contributed by atoms with E-state index in [-0.39, 0.29) is 11.1 Å². The number of aryl methyl sites for hydroxylation is 1. The largest absolute Gasteiger partial charge is 0.505 e. The van der Waals surface area contributed by atoms with Gasteiger partial charge in [-0.3, -0.25) is 0 Å². The number of hydrogen-bond acceptors (Lipinski definition) is 2. The van der Waals surface area contributed by atoms with Crippen LogP contribution in [0.3, 0.4) is 0 Å². The number of rotatable bonds is 3. The summed E-state index contributed by atoms with van der Waals surface area (Å²) in [7, 11) is 0. The molecule has 3 aromatic carbocycles. The zero-order chi connectivity index (χ0) is 20.5. The van der Waals surface area contributed by atoms with Gasteiger partial charge in [0.15, 0.2) is 11.6 Å². The molecule has 29 heavy (non-hydrogen) atoms. The van der Waals surface area contributed by atoms with Crippen molar-refractivity contribution in [2.24, 2.45) is 0 Å². The van der Waals surface area contributed by atoms with Crippen LogP contribution in [0.1, 0.15) is 45.5 Å². The summed E-state index contributed by atoms with van der Waals surface area (Å²) in [6.45, 7) is 0. The molecule has 0 heterocycles. The van der Waals surface area contributed by atoms with Crippen molar-refractivity contribution in [1.29, 1.82) is 0 Å². The van der Waals surface area contributed by atoms with Crippen LogP contribution in [-0.2, 0) is 6.42 Å². The van der Waals surface area contributed by atoms with Crippen LogP contribution in [0.5, 0.6) is 5.75 Å². The Morgan fingerprint density at radius 2 is 1.69 bits per heavy atom. The topological polar surface area (TPSA) is 57.5 Å². The fourth-order valence-corrected chi connectivity index (χ4v) is 4.17. The maximum absolute atomic E-state index is 15.0. The van der Waals surface area contributed by atoms with E-state index < -0.39 is 17.5 Å². The summed E-state index contributed by atoms with van der Waals surface area (Å²) in [6, 6.07) is 16.8. The van der Waals surface area contributed by atoms with Gasteiger partial charge in [-0.15, -0.1) is 0 Å². The van der Waals surface area contributed by atoms with E-state index in [1.165, 1.54) is 12.1 Å². The van der Waals surface area contributed by atoms with Crippen LogP contribution in [0, 0.1) is 5.82 Å². The highest BCUT2D eigenvalue weighted by Crippen LogP contribution is 2.43. The standard InChI is InChI=1S/C24H18ClFO3/c25-20-9-2-1-6-17(20)18-7-3-5-14-13-15(24(28)29)11-12-16(14)22(18)19-8-4-10-21(27)23(19)26/h1-2,4,6,8-13,27H,3,5,7H2,(H,28,29). The van der Waals surface area contributed by atoms with E-state index in [0.717, 1.165) is 28.7 Å². The Kier molecular flexibility index (Phi) is 5.12. The van der Waals surface area contributed by atoms with Crippen LogP contribution < -0.4 is 0 Å². The minimum atomic E-state index is -1.00. The molecule has 0 bridgehead atoms. The second-order valence-corrected chi connectivity index (χ2v) is 7.41. The van der Waals surface area contributed by atoms with E-state index in [4.69, 9.17) is 11.6 Å². The molecule has 0 aromatic heterocycles. The van der Waals surface area contributed by atoms with Crippen molar-refractivity contribution in [3.63, 3.8) is 0 Å². The molecule has 0 saturated carbocycles.